The number of rotatable bonds is 5. The molecule has 2 N–H and O–H groups in total. The number of hydrogen-bond acceptors (Lipinski definition) is 4. The fourth-order valence-corrected chi connectivity index (χ4v) is 3.18. The first-order valence-corrected chi connectivity index (χ1v) is 8.78. The first-order valence-electron chi connectivity index (χ1n) is 8.78. The van der Waals surface area contributed by atoms with Gasteiger partial charge in [0, 0.05) is 38.5 Å². The number of ether oxygens (including phenoxy) is 1. The molecule has 0 saturated carbocycles. The van der Waals surface area contributed by atoms with Crippen LogP contribution in [0.15, 0.2) is 23.3 Å². The van der Waals surface area contributed by atoms with Gasteiger partial charge >= 0.3 is 0 Å². The zero-order valence-corrected chi connectivity index (χ0v) is 16.9. The standard InChI is InChI=1S/C17H26FN5O.HI/c1-2-19-17(21-11-14-5-4-10-24-14)22-13-7-9-23(12-13)16-15(18)6-3-8-20-16;/h3,6,8,13-14H,2,4-5,7,9-12H2,1H3,(H2,19,21,22);1H. The Labute approximate surface area is 165 Å². The molecule has 2 atom stereocenters. The van der Waals surface area contributed by atoms with Gasteiger partial charge in [-0.05, 0) is 38.3 Å². The van der Waals surface area contributed by atoms with Crippen LogP contribution in [-0.2, 0) is 4.74 Å². The summed E-state index contributed by atoms with van der Waals surface area (Å²) < 4.78 is 19.5. The highest BCUT2D eigenvalue weighted by Gasteiger charge is 2.26. The van der Waals surface area contributed by atoms with Crippen molar-refractivity contribution in [2.75, 3.05) is 37.7 Å². The molecule has 2 aliphatic heterocycles. The van der Waals surface area contributed by atoms with Crippen LogP contribution in [0.4, 0.5) is 10.2 Å². The second-order valence-electron chi connectivity index (χ2n) is 6.24. The Bertz CT molecular complexity index is 568. The molecule has 0 aromatic carbocycles. The van der Waals surface area contributed by atoms with E-state index in [1.165, 1.54) is 6.07 Å². The number of aliphatic imine (C=N–C) groups is 1. The quantitative estimate of drug-likeness (QED) is 0.398. The Morgan fingerprint density at radius 3 is 3.08 bits per heavy atom. The summed E-state index contributed by atoms with van der Waals surface area (Å²) in [6.45, 7) is 5.89. The van der Waals surface area contributed by atoms with Crippen LogP contribution < -0.4 is 15.5 Å². The van der Waals surface area contributed by atoms with Crippen LogP contribution >= 0.6 is 24.0 Å². The molecular weight excluding hydrogens is 436 g/mol. The minimum atomic E-state index is -0.267. The Balaban J connectivity index is 0.00000225. The third-order valence-electron chi connectivity index (χ3n) is 4.39. The first kappa shape index (κ1) is 20.2. The molecule has 140 valence electrons. The van der Waals surface area contributed by atoms with Crippen molar-refractivity contribution in [3.05, 3.63) is 24.1 Å². The van der Waals surface area contributed by atoms with Crippen molar-refractivity contribution in [1.29, 1.82) is 0 Å². The molecule has 6 nitrogen and oxygen atoms in total. The van der Waals surface area contributed by atoms with E-state index in [2.05, 4.69) is 20.6 Å². The Hall–Kier alpha value is -1.16. The maximum Gasteiger partial charge on any atom is 0.191 e. The first-order chi connectivity index (χ1) is 11.8. The molecule has 3 heterocycles. The van der Waals surface area contributed by atoms with Crippen LogP contribution in [0.5, 0.6) is 0 Å². The number of nitrogens with one attached hydrogen (secondary N) is 2. The van der Waals surface area contributed by atoms with Gasteiger partial charge in [-0.3, -0.25) is 4.99 Å². The van der Waals surface area contributed by atoms with E-state index in [9.17, 15) is 4.39 Å². The van der Waals surface area contributed by atoms with Gasteiger partial charge < -0.3 is 20.3 Å². The second-order valence-corrected chi connectivity index (χ2v) is 6.24. The molecule has 2 fully saturated rings. The molecule has 2 unspecified atom stereocenters. The van der Waals surface area contributed by atoms with Gasteiger partial charge in [0.05, 0.1) is 12.6 Å². The van der Waals surface area contributed by atoms with E-state index < -0.39 is 0 Å². The minimum Gasteiger partial charge on any atom is -0.376 e. The van der Waals surface area contributed by atoms with Crippen molar-refractivity contribution in [1.82, 2.24) is 15.6 Å². The molecular formula is C17H27FIN5O. The van der Waals surface area contributed by atoms with E-state index in [0.717, 1.165) is 51.5 Å². The number of pyridine rings is 1. The summed E-state index contributed by atoms with van der Waals surface area (Å²) in [5, 5.41) is 6.73. The van der Waals surface area contributed by atoms with E-state index in [-0.39, 0.29) is 41.9 Å². The van der Waals surface area contributed by atoms with Crippen LogP contribution in [0.3, 0.4) is 0 Å². The van der Waals surface area contributed by atoms with Crippen molar-refractivity contribution < 1.29 is 9.13 Å². The van der Waals surface area contributed by atoms with Crippen LogP contribution in [0.1, 0.15) is 26.2 Å². The summed E-state index contributed by atoms with van der Waals surface area (Å²) in [6, 6.07) is 3.30. The SMILES string of the molecule is CCNC(=NCC1CCCO1)NC1CCN(c2ncccc2F)C1.I. The maximum atomic E-state index is 13.9. The smallest absolute Gasteiger partial charge is 0.191 e. The number of halogens is 2. The Morgan fingerprint density at radius 1 is 1.48 bits per heavy atom. The fourth-order valence-electron chi connectivity index (χ4n) is 3.18. The largest absolute Gasteiger partial charge is 0.376 e. The van der Waals surface area contributed by atoms with Crippen LogP contribution in [0.2, 0.25) is 0 Å². The molecule has 25 heavy (non-hydrogen) atoms. The van der Waals surface area contributed by atoms with Crippen molar-refractivity contribution in [2.45, 2.75) is 38.3 Å². The topological polar surface area (TPSA) is 61.8 Å². The second kappa shape index (κ2) is 10.1. The van der Waals surface area contributed by atoms with Gasteiger partial charge in [-0.25, -0.2) is 9.37 Å². The molecule has 0 spiro atoms. The zero-order chi connectivity index (χ0) is 16.8. The third kappa shape index (κ3) is 5.67. The van der Waals surface area contributed by atoms with Crippen molar-refractivity contribution in [2.24, 2.45) is 4.99 Å². The van der Waals surface area contributed by atoms with Gasteiger partial charge in [-0.1, -0.05) is 0 Å². The number of aromatic nitrogens is 1. The molecule has 0 radical (unpaired) electrons. The highest BCUT2D eigenvalue weighted by molar-refractivity contribution is 14.0. The predicted molar refractivity (Wildman–Crippen MR) is 108 cm³/mol. The number of hydrogen-bond donors (Lipinski definition) is 2. The van der Waals surface area contributed by atoms with E-state index >= 15 is 0 Å². The van der Waals surface area contributed by atoms with Gasteiger partial charge in [-0.2, -0.15) is 0 Å². The summed E-state index contributed by atoms with van der Waals surface area (Å²) in [6.07, 6.45) is 5.01. The number of guanidine groups is 1. The Kier molecular flexibility index (Phi) is 8.14. The van der Waals surface area contributed by atoms with E-state index in [1.807, 2.05) is 11.8 Å². The third-order valence-corrected chi connectivity index (χ3v) is 4.39. The van der Waals surface area contributed by atoms with Crippen molar-refractivity contribution in [3.63, 3.8) is 0 Å². The average Bonchev–Trinajstić information content (AvgIpc) is 3.25. The summed E-state index contributed by atoms with van der Waals surface area (Å²) in [4.78, 5) is 10.8. The van der Waals surface area contributed by atoms with Gasteiger partial charge in [0.15, 0.2) is 17.6 Å². The van der Waals surface area contributed by atoms with E-state index in [1.54, 1.807) is 12.3 Å². The molecule has 2 saturated heterocycles. The lowest BCUT2D eigenvalue weighted by Crippen LogP contribution is -2.45. The summed E-state index contributed by atoms with van der Waals surface area (Å²) in [5.74, 6) is 0.974. The fraction of sp³-hybridized carbons (Fsp3) is 0.647. The average molecular weight is 463 g/mol. The van der Waals surface area contributed by atoms with Crippen LogP contribution in [-0.4, -0.2) is 55.9 Å². The summed E-state index contributed by atoms with van der Waals surface area (Å²) >= 11 is 0. The lowest BCUT2D eigenvalue weighted by atomic mass is 10.2. The number of anilines is 1. The lowest BCUT2D eigenvalue weighted by Gasteiger charge is -2.20. The van der Waals surface area contributed by atoms with Crippen molar-refractivity contribution in [3.8, 4) is 0 Å². The van der Waals surface area contributed by atoms with Gasteiger partial charge in [0.1, 0.15) is 0 Å². The minimum absolute atomic E-state index is 0. The molecule has 8 heteroatoms. The molecule has 0 bridgehead atoms. The maximum absolute atomic E-state index is 13.9. The number of nitrogens with zero attached hydrogens (tertiary/aromatic N) is 3. The zero-order valence-electron chi connectivity index (χ0n) is 14.6. The Morgan fingerprint density at radius 2 is 2.36 bits per heavy atom. The lowest BCUT2D eigenvalue weighted by molar-refractivity contribution is 0.117. The van der Waals surface area contributed by atoms with Gasteiger partial charge in [0.25, 0.3) is 0 Å². The van der Waals surface area contributed by atoms with Gasteiger partial charge in [0.2, 0.25) is 0 Å². The molecule has 1 aromatic heterocycles. The molecule has 3 rings (SSSR count). The van der Waals surface area contributed by atoms with Crippen LogP contribution in [0, 0.1) is 5.82 Å². The highest BCUT2D eigenvalue weighted by Crippen LogP contribution is 2.20. The van der Waals surface area contributed by atoms with Crippen molar-refractivity contribution >= 4 is 35.8 Å². The molecule has 0 amide bonds. The van der Waals surface area contributed by atoms with Crippen LogP contribution in [0.25, 0.3) is 0 Å². The normalized spacial score (nSPS) is 23.4. The summed E-state index contributed by atoms with van der Waals surface area (Å²) in [5.41, 5.74) is 0. The molecule has 1 aromatic rings. The highest BCUT2D eigenvalue weighted by atomic mass is 127. The van der Waals surface area contributed by atoms with E-state index in [4.69, 9.17) is 4.74 Å². The van der Waals surface area contributed by atoms with Gasteiger partial charge in [-0.15, -0.1) is 24.0 Å². The predicted octanol–water partition coefficient (Wildman–Crippen LogP) is 2.15. The monoisotopic (exact) mass is 463 g/mol. The molecule has 0 aliphatic carbocycles. The van der Waals surface area contributed by atoms with E-state index in [0.29, 0.717) is 12.4 Å². The summed E-state index contributed by atoms with van der Waals surface area (Å²) in [7, 11) is 0. The molecule has 2 aliphatic rings.